The molecule has 0 amide bonds. The van der Waals surface area contributed by atoms with E-state index in [1.807, 2.05) is 19.2 Å². The van der Waals surface area contributed by atoms with Crippen LogP contribution in [0.25, 0.3) is 0 Å². The molecule has 0 radical (unpaired) electrons. The van der Waals surface area contributed by atoms with Crippen LogP contribution in [-0.2, 0) is 14.2 Å². The first-order valence-electron chi connectivity index (χ1n) is 6.74. The Morgan fingerprint density at radius 2 is 2.00 bits per heavy atom. The van der Waals surface area contributed by atoms with Crippen LogP contribution in [0.5, 0.6) is 0 Å². The van der Waals surface area contributed by atoms with Gasteiger partial charge in [0.15, 0.2) is 6.10 Å². The van der Waals surface area contributed by atoms with Crippen LogP contribution in [0.15, 0.2) is 30.3 Å². The summed E-state index contributed by atoms with van der Waals surface area (Å²) >= 11 is 6.44. The largest absolute Gasteiger partial charge is 0.469 e. The van der Waals surface area contributed by atoms with E-state index in [0.29, 0.717) is 23.0 Å². The van der Waals surface area contributed by atoms with E-state index in [1.54, 1.807) is 24.3 Å². The summed E-state index contributed by atoms with van der Waals surface area (Å²) in [5.41, 5.74) is 0.530. The zero-order chi connectivity index (χ0) is 15.2. The molecule has 1 aliphatic heterocycles. The molecule has 1 fully saturated rings. The lowest BCUT2D eigenvalue weighted by molar-refractivity contribution is -0.123. The van der Waals surface area contributed by atoms with Gasteiger partial charge in [-0.15, -0.1) is 0 Å². The van der Waals surface area contributed by atoms with E-state index in [4.69, 9.17) is 26.4 Å². The molecule has 1 aromatic carbocycles. The lowest BCUT2D eigenvalue weighted by Gasteiger charge is -2.35. The highest BCUT2D eigenvalue weighted by atomic mass is 32.2. The second-order valence-corrected chi connectivity index (χ2v) is 6.12. The lowest BCUT2D eigenvalue weighted by atomic mass is 10.0. The molecule has 0 unspecified atom stereocenters. The molecule has 1 heterocycles. The zero-order valence-corrected chi connectivity index (χ0v) is 13.6. The van der Waals surface area contributed by atoms with Gasteiger partial charge >= 0.3 is 5.97 Å². The third-order valence-electron chi connectivity index (χ3n) is 3.28. The maximum Gasteiger partial charge on any atom is 0.338 e. The molecule has 1 aromatic rings. The van der Waals surface area contributed by atoms with Crippen LogP contribution in [0, 0.1) is 0 Å². The van der Waals surface area contributed by atoms with Crippen molar-refractivity contribution in [3.63, 3.8) is 0 Å². The summed E-state index contributed by atoms with van der Waals surface area (Å²) in [5.74, 6) is -0.349. The van der Waals surface area contributed by atoms with E-state index in [1.165, 1.54) is 11.8 Å². The van der Waals surface area contributed by atoms with Crippen molar-refractivity contribution in [2.45, 2.75) is 39.1 Å². The van der Waals surface area contributed by atoms with E-state index in [9.17, 15) is 4.79 Å². The predicted molar refractivity (Wildman–Crippen MR) is 93.4 cm³/mol. The number of carbonyl (C=O) groups excluding carboxylic acids is 1. The zero-order valence-electron chi connectivity index (χ0n) is 12.0. The van der Waals surface area contributed by atoms with Crippen molar-refractivity contribution in [3.05, 3.63) is 35.9 Å². The van der Waals surface area contributed by atoms with Crippen LogP contribution in [0.4, 0.5) is 0 Å². The maximum absolute atomic E-state index is 12.2. The molecule has 0 spiro atoms. The molecular weight excluding hydrogens is 320 g/mol. The molecule has 1 saturated heterocycles. The van der Waals surface area contributed by atoms with Gasteiger partial charge < -0.3 is 14.2 Å². The molecule has 0 aromatic heterocycles. The second-order valence-electron chi connectivity index (χ2n) is 4.71. The van der Waals surface area contributed by atoms with Crippen LogP contribution < -0.4 is 0 Å². The van der Waals surface area contributed by atoms with Gasteiger partial charge in [0.05, 0.1) is 18.3 Å². The Bertz CT molecular complexity index is 492. The van der Waals surface area contributed by atoms with Gasteiger partial charge in [-0.3, -0.25) is 0 Å². The fraction of sp³-hybridized carbons (Fsp3) is 0.500. The van der Waals surface area contributed by atoms with E-state index >= 15 is 0 Å². The summed E-state index contributed by atoms with van der Waals surface area (Å²) in [6, 6.07) is 8.93. The maximum atomic E-state index is 12.2. The fourth-order valence-corrected chi connectivity index (χ4v) is 2.49. The van der Waals surface area contributed by atoms with Crippen LogP contribution in [0.3, 0.4) is 0 Å². The van der Waals surface area contributed by atoms with Crippen LogP contribution in [0.1, 0.15) is 31.1 Å². The first kappa shape index (κ1) is 18.9. The Hall–Kier alpha value is -1.11. The molecule has 0 saturated carbocycles. The predicted octanol–water partition coefficient (Wildman–Crippen LogP) is 3.69. The fourth-order valence-electron chi connectivity index (χ4n) is 2.17. The highest BCUT2D eigenvalue weighted by Gasteiger charge is 2.36. The van der Waals surface area contributed by atoms with Crippen molar-refractivity contribution in [3.8, 4) is 0 Å². The smallest absolute Gasteiger partial charge is 0.338 e. The number of thiocarbonyl (C=S) groups is 1. The molecule has 1 aliphatic rings. The molecule has 2 rings (SSSR count). The molecule has 22 heavy (non-hydrogen) atoms. The SMILES string of the molecule is C.CSC(=S)O[C@H]1[C@H](C)OCC[C@@H]1OC(=O)c1ccccc1. The minimum atomic E-state index is -0.369. The van der Waals surface area contributed by atoms with E-state index in [0.717, 1.165) is 0 Å². The number of esters is 1. The number of hydrogen-bond donors (Lipinski definition) is 0. The van der Waals surface area contributed by atoms with E-state index < -0.39 is 0 Å². The van der Waals surface area contributed by atoms with E-state index in [2.05, 4.69) is 0 Å². The quantitative estimate of drug-likeness (QED) is 0.617. The molecule has 0 aliphatic carbocycles. The normalized spacial score (nSPS) is 24.0. The van der Waals surface area contributed by atoms with Crippen molar-refractivity contribution >= 4 is 34.3 Å². The first-order chi connectivity index (χ1) is 10.1. The van der Waals surface area contributed by atoms with Gasteiger partial charge in [-0.05, 0) is 37.5 Å². The van der Waals surface area contributed by atoms with Crippen LogP contribution >= 0.6 is 24.0 Å². The number of benzene rings is 1. The Labute approximate surface area is 141 Å². The number of thioether (sulfide) groups is 1. The summed E-state index contributed by atoms with van der Waals surface area (Å²) in [6.07, 6.45) is 1.56. The van der Waals surface area contributed by atoms with Gasteiger partial charge in [-0.1, -0.05) is 37.4 Å². The minimum Gasteiger partial charge on any atom is -0.469 e. The van der Waals surface area contributed by atoms with Gasteiger partial charge in [0.1, 0.15) is 6.10 Å². The third-order valence-corrected chi connectivity index (χ3v) is 4.30. The first-order valence-corrected chi connectivity index (χ1v) is 8.37. The van der Waals surface area contributed by atoms with Gasteiger partial charge in [0.25, 0.3) is 0 Å². The van der Waals surface area contributed by atoms with Gasteiger partial charge in [-0.2, -0.15) is 0 Å². The van der Waals surface area contributed by atoms with Gasteiger partial charge in [0, 0.05) is 6.42 Å². The standard InChI is InChI=1S/C15H18O4S2.CH4/c1-10-13(19-15(20)21-2)12(8-9-17-10)18-14(16)11-6-4-3-5-7-11;/h3-7,10,12-13H,8-9H2,1-2H3;1H4/t10-,12-,13-;/m0./s1. The van der Waals surface area contributed by atoms with Crippen LogP contribution in [0.2, 0.25) is 0 Å². The monoisotopic (exact) mass is 342 g/mol. The Morgan fingerprint density at radius 3 is 2.64 bits per heavy atom. The molecule has 3 atom stereocenters. The average molecular weight is 342 g/mol. The van der Waals surface area contributed by atoms with Crippen molar-refractivity contribution in [1.82, 2.24) is 0 Å². The number of ether oxygens (including phenoxy) is 3. The lowest BCUT2D eigenvalue weighted by Crippen LogP contribution is -2.47. The molecule has 6 heteroatoms. The summed E-state index contributed by atoms with van der Waals surface area (Å²) in [6.45, 7) is 2.44. The summed E-state index contributed by atoms with van der Waals surface area (Å²) < 4.78 is 17.3. The second kappa shape index (κ2) is 9.12. The molecular formula is C16H22O4S2. The average Bonchev–Trinajstić information content (AvgIpc) is 2.51. The minimum absolute atomic E-state index is 0. The Kier molecular flexibility index (Phi) is 7.85. The van der Waals surface area contributed by atoms with Crippen molar-refractivity contribution in [2.75, 3.05) is 12.9 Å². The number of carbonyl (C=O) groups is 1. The topological polar surface area (TPSA) is 44.8 Å². The summed E-state index contributed by atoms with van der Waals surface area (Å²) in [7, 11) is 0. The molecule has 122 valence electrons. The van der Waals surface area contributed by atoms with E-state index in [-0.39, 0.29) is 31.7 Å². The van der Waals surface area contributed by atoms with Crippen LogP contribution in [-0.4, -0.2) is 41.5 Å². The Morgan fingerprint density at radius 1 is 1.32 bits per heavy atom. The Balaban J connectivity index is 0.00000242. The molecule has 0 N–H and O–H groups in total. The molecule has 4 nitrogen and oxygen atoms in total. The van der Waals surface area contributed by atoms with Gasteiger partial charge in [-0.25, -0.2) is 4.79 Å². The highest BCUT2D eigenvalue weighted by Crippen LogP contribution is 2.23. The number of hydrogen-bond acceptors (Lipinski definition) is 6. The number of rotatable bonds is 3. The third kappa shape index (κ3) is 4.97. The van der Waals surface area contributed by atoms with Crippen molar-refractivity contribution < 1.29 is 19.0 Å². The summed E-state index contributed by atoms with van der Waals surface area (Å²) in [5, 5.41) is 0. The van der Waals surface area contributed by atoms with Gasteiger partial charge in [0.2, 0.25) is 4.38 Å². The summed E-state index contributed by atoms with van der Waals surface area (Å²) in [4.78, 5) is 12.2. The molecule has 0 bridgehead atoms. The van der Waals surface area contributed by atoms with Crippen molar-refractivity contribution in [2.24, 2.45) is 0 Å². The highest BCUT2D eigenvalue weighted by molar-refractivity contribution is 8.22. The van der Waals surface area contributed by atoms with Crippen molar-refractivity contribution in [1.29, 1.82) is 0 Å².